The molecule has 1 N–H and O–H groups in total. The third kappa shape index (κ3) is 4.41. The van der Waals surface area contributed by atoms with E-state index in [0.717, 1.165) is 23.3 Å². The van der Waals surface area contributed by atoms with E-state index >= 15 is 0 Å². The second-order valence-corrected chi connectivity index (χ2v) is 8.79. The van der Waals surface area contributed by atoms with Crippen LogP contribution in [0.25, 0.3) is 0 Å². The fraction of sp³-hybridized carbons (Fsp3) is 0.292. The SMILES string of the molecule is Cc1nc(CCc2cnn(Cc3cc(F)c(F)c(F)c3)c2)nc2c1NC(=O)C(c1cnn(C)c1)N2C. The molecule has 4 aromatic rings. The molecule has 1 aliphatic rings. The molecule has 3 aromatic heterocycles. The summed E-state index contributed by atoms with van der Waals surface area (Å²) in [6.07, 6.45) is 7.97. The zero-order chi connectivity index (χ0) is 25.6. The van der Waals surface area contributed by atoms with Crippen molar-refractivity contribution in [1.82, 2.24) is 29.5 Å². The van der Waals surface area contributed by atoms with E-state index in [9.17, 15) is 18.0 Å². The van der Waals surface area contributed by atoms with E-state index in [1.54, 1.807) is 36.5 Å². The molecule has 0 radical (unpaired) electrons. The molecule has 0 saturated heterocycles. The number of fused-ring (bicyclic) bond motifs is 1. The molecule has 1 amide bonds. The van der Waals surface area contributed by atoms with Gasteiger partial charge < -0.3 is 10.2 Å². The molecule has 0 aliphatic carbocycles. The van der Waals surface area contributed by atoms with Gasteiger partial charge in [0.2, 0.25) is 0 Å². The van der Waals surface area contributed by atoms with Gasteiger partial charge in [0.1, 0.15) is 17.6 Å². The fourth-order valence-electron chi connectivity index (χ4n) is 4.34. The molecule has 0 fully saturated rings. The molecule has 0 bridgehead atoms. The van der Waals surface area contributed by atoms with Crippen LogP contribution in [0.15, 0.2) is 36.9 Å². The minimum atomic E-state index is -1.49. The van der Waals surface area contributed by atoms with Gasteiger partial charge in [-0.15, -0.1) is 0 Å². The Morgan fingerprint density at radius 3 is 2.42 bits per heavy atom. The summed E-state index contributed by atoms with van der Waals surface area (Å²) < 4.78 is 43.3. The van der Waals surface area contributed by atoms with Gasteiger partial charge in [0.05, 0.1) is 24.6 Å². The predicted octanol–water partition coefficient (Wildman–Crippen LogP) is 3.10. The Morgan fingerprint density at radius 1 is 0.972 bits per heavy atom. The fourth-order valence-corrected chi connectivity index (χ4v) is 4.34. The molecule has 1 unspecified atom stereocenters. The standard InChI is InChI=1S/C24H23F3N8O/c1-13-21-23(34(3)22(24(36)32-21)16-9-28-33(2)12-16)31-19(30-13)5-4-14-8-29-35(10-14)11-15-6-17(25)20(27)18(26)7-15/h6-10,12,22H,4-5,11H2,1-3H3,(H,32,36). The molecule has 9 nitrogen and oxygen atoms in total. The summed E-state index contributed by atoms with van der Waals surface area (Å²) >= 11 is 0. The summed E-state index contributed by atoms with van der Waals surface area (Å²) in [5.74, 6) is -2.90. The molecule has 4 heterocycles. The highest BCUT2D eigenvalue weighted by Gasteiger charge is 2.35. The Balaban J connectivity index is 1.31. The molecule has 5 rings (SSSR count). The summed E-state index contributed by atoms with van der Waals surface area (Å²) in [5, 5.41) is 11.3. The Bertz CT molecular complexity index is 1440. The van der Waals surface area contributed by atoms with Gasteiger partial charge in [-0.05, 0) is 36.6 Å². The lowest BCUT2D eigenvalue weighted by molar-refractivity contribution is -0.117. The molecule has 1 aromatic carbocycles. The third-order valence-electron chi connectivity index (χ3n) is 6.09. The molecule has 0 spiro atoms. The van der Waals surface area contributed by atoms with Gasteiger partial charge in [-0.3, -0.25) is 14.2 Å². The summed E-state index contributed by atoms with van der Waals surface area (Å²) in [5.41, 5.74) is 3.15. The van der Waals surface area contributed by atoms with Gasteiger partial charge in [-0.2, -0.15) is 10.2 Å². The molecule has 36 heavy (non-hydrogen) atoms. The topological polar surface area (TPSA) is 93.8 Å². The summed E-state index contributed by atoms with van der Waals surface area (Å²) in [6.45, 7) is 1.92. The van der Waals surface area contributed by atoms with Gasteiger partial charge in [-0.25, -0.2) is 23.1 Å². The molecule has 186 valence electrons. The maximum absolute atomic E-state index is 13.5. The van der Waals surface area contributed by atoms with Crippen LogP contribution in [0.4, 0.5) is 24.7 Å². The summed E-state index contributed by atoms with van der Waals surface area (Å²) in [4.78, 5) is 23.9. The lowest BCUT2D eigenvalue weighted by Crippen LogP contribution is -2.40. The number of nitrogens with zero attached hydrogens (tertiary/aromatic N) is 7. The van der Waals surface area contributed by atoms with E-state index in [1.807, 2.05) is 18.9 Å². The normalized spacial score (nSPS) is 15.2. The van der Waals surface area contributed by atoms with Crippen molar-refractivity contribution in [2.45, 2.75) is 32.4 Å². The number of rotatable bonds is 6. The van der Waals surface area contributed by atoms with Crippen molar-refractivity contribution in [2.24, 2.45) is 7.05 Å². The summed E-state index contributed by atoms with van der Waals surface area (Å²) in [7, 11) is 3.61. The average Bonchev–Trinajstić information content (AvgIpc) is 3.45. The van der Waals surface area contributed by atoms with Gasteiger partial charge in [0, 0.05) is 38.5 Å². The molecule has 12 heteroatoms. The second-order valence-electron chi connectivity index (χ2n) is 8.79. The quantitative estimate of drug-likeness (QED) is 0.413. The van der Waals surface area contributed by atoms with Crippen LogP contribution in [0.5, 0.6) is 0 Å². The average molecular weight is 496 g/mol. The van der Waals surface area contributed by atoms with E-state index in [-0.39, 0.29) is 18.0 Å². The van der Waals surface area contributed by atoms with Gasteiger partial charge in [0.15, 0.2) is 23.3 Å². The first-order chi connectivity index (χ1) is 17.2. The maximum atomic E-state index is 13.5. The van der Waals surface area contributed by atoms with Gasteiger partial charge >= 0.3 is 0 Å². The first-order valence-electron chi connectivity index (χ1n) is 11.2. The lowest BCUT2D eigenvalue weighted by atomic mass is 10.1. The number of aryl methyl sites for hydroxylation is 4. The van der Waals surface area contributed by atoms with Crippen molar-refractivity contribution in [2.75, 3.05) is 17.3 Å². The number of hydrogen-bond donors (Lipinski definition) is 1. The summed E-state index contributed by atoms with van der Waals surface area (Å²) in [6, 6.07) is 1.35. The first-order valence-corrected chi connectivity index (χ1v) is 11.2. The number of anilines is 2. The van der Waals surface area contributed by atoms with Crippen molar-refractivity contribution >= 4 is 17.4 Å². The predicted molar refractivity (Wildman–Crippen MR) is 125 cm³/mol. The van der Waals surface area contributed by atoms with Crippen LogP contribution in [0.2, 0.25) is 0 Å². The van der Waals surface area contributed by atoms with E-state index in [2.05, 4.69) is 20.5 Å². The lowest BCUT2D eigenvalue weighted by Gasteiger charge is -2.34. The zero-order valence-electron chi connectivity index (χ0n) is 19.8. The monoisotopic (exact) mass is 496 g/mol. The Morgan fingerprint density at radius 2 is 1.72 bits per heavy atom. The van der Waals surface area contributed by atoms with Crippen LogP contribution >= 0.6 is 0 Å². The van der Waals surface area contributed by atoms with E-state index in [1.165, 1.54) is 4.68 Å². The Labute approximate surface area is 204 Å². The number of hydrogen-bond acceptors (Lipinski definition) is 6. The van der Waals surface area contributed by atoms with Crippen LogP contribution in [0.1, 0.15) is 34.3 Å². The van der Waals surface area contributed by atoms with E-state index in [4.69, 9.17) is 4.98 Å². The second kappa shape index (κ2) is 9.10. The van der Waals surface area contributed by atoms with Crippen LogP contribution in [-0.4, -0.2) is 42.5 Å². The number of carbonyl (C=O) groups excluding carboxylic acids is 1. The minimum absolute atomic E-state index is 0.1000. The first kappa shape index (κ1) is 23.5. The van der Waals surface area contributed by atoms with Gasteiger partial charge in [-0.1, -0.05) is 0 Å². The van der Waals surface area contributed by atoms with Crippen molar-refractivity contribution in [3.05, 3.63) is 82.6 Å². The number of aromatic nitrogens is 6. The Hall–Kier alpha value is -4.22. The number of nitrogens with one attached hydrogen (secondary N) is 1. The third-order valence-corrected chi connectivity index (χ3v) is 6.09. The van der Waals surface area contributed by atoms with Gasteiger partial charge in [0.25, 0.3) is 5.91 Å². The van der Waals surface area contributed by atoms with Crippen molar-refractivity contribution < 1.29 is 18.0 Å². The van der Waals surface area contributed by atoms with Crippen LogP contribution in [-0.2, 0) is 31.2 Å². The number of amides is 1. The number of carbonyl (C=O) groups is 1. The van der Waals surface area contributed by atoms with Crippen LogP contribution in [0, 0.1) is 24.4 Å². The number of benzene rings is 1. The molecule has 1 aliphatic heterocycles. The molecular weight excluding hydrogens is 473 g/mol. The Kier molecular flexibility index (Phi) is 5.94. The largest absolute Gasteiger partial charge is 0.342 e. The van der Waals surface area contributed by atoms with E-state index in [0.29, 0.717) is 35.9 Å². The maximum Gasteiger partial charge on any atom is 0.252 e. The molecule has 0 saturated carbocycles. The van der Waals surface area contributed by atoms with Crippen LogP contribution in [0.3, 0.4) is 0 Å². The number of halogens is 3. The number of likely N-dealkylation sites (N-methyl/N-ethyl adjacent to an activating group) is 1. The smallest absolute Gasteiger partial charge is 0.252 e. The minimum Gasteiger partial charge on any atom is -0.342 e. The van der Waals surface area contributed by atoms with E-state index < -0.39 is 23.5 Å². The van der Waals surface area contributed by atoms with Crippen molar-refractivity contribution in [3.8, 4) is 0 Å². The highest BCUT2D eigenvalue weighted by Crippen LogP contribution is 2.37. The molecular formula is C24H23F3N8O. The van der Waals surface area contributed by atoms with Crippen molar-refractivity contribution in [1.29, 1.82) is 0 Å². The molecule has 1 atom stereocenters. The zero-order valence-corrected chi connectivity index (χ0v) is 19.8. The highest BCUT2D eigenvalue weighted by molar-refractivity contribution is 6.03. The van der Waals surface area contributed by atoms with Crippen molar-refractivity contribution in [3.63, 3.8) is 0 Å². The highest BCUT2D eigenvalue weighted by atomic mass is 19.2. The van der Waals surface area contributed by atoms with Crippen LogP contribution < -0.4 is 10.2 Å².